The van der Waals surface area contributed by atoms with Gasteiger partial charge in [-0.3, -0.25) is 9.59 Å². The van der Waals surface area contributed by atoms with Crippen LogP contribution in [0.4, 0.5) is 0 Å². The van der Waals surface area contributed by atoms with Crippen molar-refractivity contribution >= 4 is 41.1 Å². The van der Waals surface area contributed by atoms with Gasteiger partial charge < -0.3 is 19.8 Å². The summed E-state index contributed by atoms with van der Waals surface area (Å²) in [6.07, 6.45) is 5.10. The highest BCUT2D eigenvalue weighted by molar-refractivity contribution is 6.42. The molecule has 0 radical (unpaired) electrons. The Hall–Kier alpha value is -1.60. The number of carbonyl (C=O) groups excluding carboxylic acids is 2. The Morgan fingerprint density at radius 3 is 2.71 bits per heavy atom. The zero-order valence-electron chi connectivity index (χ0n) is 18.0. The number of likely N-dealkylation sites (tertiary alicyclic amines) is 1. The lowest BCUT2D eigenvalue weighted by atomic mass is 9.97. The molecule has 2 heterocycles. The van der Waals surface area contributed by atoms with Crippen LogP contribution in [0.2, 0.25) is 10.0 Å². The number of hydrogen-bond donors (Lipinski definition) is 1. The average Bonchev–Trinajstić information content (AvgIpc) is 2.93. The summed E-state index contributed by atoms with van der Waals surface area (Å²) in [5, 5.41) is 10.8. The van der Waals surface area contributed by atoms with Crippen molar-refractivity contribution in [3.63, 3.8) is 0 Å². The smallest absolute Gasteiger partial charge is 0.246 e. The van der Waals surface area contributed by atoms with Crippen LogP contribution in [0.25, 0.3) is 6.08 Å². The summed E-state index contributed by atoms with van der Waals surface area (Å²) in [4.78, 5) is 31.1. The average molecular weight is 468 g/mol. The molecule has 2 aliphatic heterocycles. The molecule has 170 valence electrons. The number of benzene rings is 1. The van der Waals surface area contributed by atoms with Crippen LogP contribution in [0.3, 0.4) is 0 Å². The Morgan fingerprint density at radius 1 is 1.16 bits per heavy atom. The number of carbonyl (C=O) groups is 2. The summed E-state index contributed by atoms with van der Waals surface area (Å²) >= 11 is 11.9. The van der Waals surface area contributed by atoms with E-state index in [9.17, 15) is 14.7 Å². The van der Waals surface area contributed by atoms with Gasteiger partial charge in [-0.1, -0.05) is 36.2 Å². The normalized spacial score (nSPS) is 23.4. The van der Waals surface area contributed by atoms with Crippen molar-refractivity contribution in [2.24, 2.45) is 5.92 Å². The van der Waals surface area contributed by atoms with E-state index in [4.69, 9.17) is 23.2 Å². The molecule has 1 aromatic carbocycles. The van der Waals surface area contributed by atoms with Gasteiger partial charge in [-0.15, -0.1) is 0 Å². The summed E-state index contributed by atoms with van der Waals surface area (Å²) in [6.45, 7) is 7.04. The second-order valence-corrected chi connectivity index (χ2v) is 9.26. The molecule has 2 unspecified atom stereocenters. The largest absolute Gasteiger partial charge is 0.393 e. The zero-order valence-corrected chi connectivity index (χ0v) is 19.5. The van der Waals surface area contributed by atoms with E-state index < -0.39 is 0 Å². The summed E-state index contributed by atoms with van der Waals surface area (Å²) in [5.41, 5.74) is 0.801. The highest BCUT2D eigenvalue weighted by Gasteiger charge is 2.25. The highest BCUT2D eigenvalue weighted by Crippen LogP contribution is 2.23. The zero-order chi connectivity index (χ0) is 22.4. The maximum Gasteiger partial charge on any atom is 0.246 e. The van der Waals surface area contributed by atoms with Crippen molar-refractivity contribution in [2.75, 3.05) is 45.8 Å². The molecule has 2 saturated heterocycles. The summed E-state index contributed by atoms with van der Waals surface area (Å²) in [7, 11) is 0. The lowest BCUT2D eigenvalue weighted by Gasteiger charge is -2.34. The van der Waals surface area contributed by atoms with Crippen molar-refractivity contribution in [1.29, 1.82) is 0 Å². The fourth-order valence-electron chi connectivity index (χ4n) is 4.12. The van der Waals surface area contributed by atoms with Gasteiger partial charge in [0.25, 0.3) is 0 Å². The van der Waals surface area contributed by atoms with Gasteiger partial charge in [0.1, 0.15) is 0 Å². The number of aliphatic hydroxyl groups excluding tert-OH is 1. The highest BCUT2D eigenvalue weighted by atomic mass is 35.5. The number of hydrogen-bond acceptors (Lipinski definition) is 4. The third-order valence-corrected chi connectivity index (χ3v) is 6.85. The standard InChI is InChI=1S/C23H31Cl2N3O3/c1-17-16-26(11-7-21(17)29)9-2-10-27-13-14-28(12-8-23(27)31)22(30)6-4-18-3-5-19(24)20(25)15-18/h3-6,15,17,21,29H,2,7-14,16H2,1H3. The van der Waals surface area contributed by atoms with Gasteiger partial charge in [0.2, 0.25) is 11.8 Å². The van der Waals surface area contributed by atoms with Crippen molar-refractivity contribution < 1.29 is 14.7 Å². The van der Waals surface area contributed by atoms with Gasteiger partial charge in [-0.25, -0.2) is 0 Å². The monoisotopic (exact) mass is 467 g/mol. The van der Waals surface area contributed by atoms with Crippen molar-refractivity contribution in [3.05, 3.63) is 39.9 Å². The molecule has 0 bridgehead atoms. The second kappa shape index (κ2) is 11.3. The molecule has 0 aliphatic carbocycles. The van der Waals surface area contributed by atoms with E-state index in [1.807, 2.05) is 4.90 Å². The lowest BCUT2D eigenvalue weighted by Crippen LogP contribution is -2.43. The Kier molecular flexibility index (Phi) is 8.78. The van der Waals surface area contributed by atoms with Crippen LogP contribution in [-0.4, -0.2) is 83.5 Å². The fraction of sp³-hybridized carbons (Fsp3) is 0.565. The lowest BCUT2D eigenvalue weighted by molar-refractivity contribution is -0.130. The number of piperidine rings is 1. The molecule has 1 aromatic rings. The molecule has 1 N–H and O–H groups in total. The van der Waals surface area contributed by atoms with Crippen LogP contribution in [-0.2, 0) is 9.59 Å². The predicted molar refractivity (Wildman–Crippen MR) is 124 cm³/mol. The van der Waals surface area contributed by atoms with E-state index in [2.05, 4.69) is 11.8 Å². The number of nitrogens with zero attached hydrogens (tertiary/aromatic N) is 3. The predicted octanol–water partition coefficient (Wildman–Crippen LogP) is 3.16. The first-order valence-electron chi connectivity index (χ1n) is 10.9. The Morgan fingerprint density at radius 2 is 1.97 bits per heavy atom. The van der Waals surface area contributed by atoms with Gasteiger partial charge in [0, 0.05) is 51.8 Å². The molecule has 6 nitrogen and oxygen atoms in total. The number of rotatable bonds is 6. The molecule has 2 amide bonds. The van der Waals surface area contributed by atoms with Crippen molar-refractivity contribution in [1.82, 2.24) is 14.7 Å². The van der Waals surface area contributed by atoms with Gasteiger partial charge in [-0.05, 0) is 49.1 Å². The molecule has 0 spiro atoms. The van der Waals surface area contributed by atoms with Crippen LogP contribution in [0.5, 0.6) is 0 Å². The number of amides is 2. The summed E-state index contributed by atoms with van der Waals surface area (Å²) in [5.74, 6) is 0.290. The van der Waals surface area contributed by atoms with E-state index >= 15 is 0 Å². The van der Waals surface area contributed by atoms with Gasteiger partial charge in [-0.2, -0.15) is 0 Å². The molecule has 0 saturated carbocycles. The van der Waals surface area contributed by atoms with Crippen LogP contribution >= 0.6 is 23.2 Å². The van der Waals surface area contributed by atoms with Crippen LogP contribution in [0.15, 0.2) is 24.3 Å². The molecule has 2 fully saturated rings. The third kappa shape index (κ3) is 6.94. The van der Waals surface area contributed by atoms with E-state index in [0.717, 1.165) is 38.0 Å². The minimum Gasteiger partial charge on any atom is -0.393 e. The van der Waals surface area contributed by atoms with E-state index in [1.165, 1.54) is 6.08 Å². The Balaban J connectivity index is 1.45. The third-order valence-electron chi connectivity index (χ3n) is 6.11. The molecule has 2 atom stereocenters. The molecule has 0 aromatic heterocycles. The van der Waals surface area contributed by atoms with Crippen LogP contribution < -0.4 is 0 Å². The fourth-order valence-corrected chi connectivity index (χ4v) is 4.43. The molecule has 31 heavy (non-hydrogen) atoms. The Labute approximate surface area is 194 Å². The first kappa shape index (κ1) is 24.1. The number of halogens is 2. The quantitative estimate of drug-likeness (QED) is 0.652. The minimum atomic E-state index is -0.197. The molecular weight excluding hydrogens is 437 g/mol. The van der Waals surface area contributed by atoms with Gasteiger partial charge in [0.05, 0.1) is 16.1 Å². The van der Waals surface area contributed by atoms with Gasteiger partial charge >= 0.3 is 0 Å². The van der Waals surface area contributed by atoms with E-state index in [-0.39, 0.29) is 17.9 Å². The van der Waals surface area contributed by atoms with Crippen LogP contribution in [0, 0.1) is 5.92 Å². The number of aliphatic hydroxyl groups is 1. The second-order valence-electron chi connectivity index (χ2n) is 8.45. The Bertz CT molecular complexity index is 817. The van der Waals surface area contributed by atoms with E-state index in [0.29, 0.717) is 48.6 Å². The van der Waals surface area contributed by atoms with Crippen molar-refractivity contribution in [3.8, 4) is 0 Å². The SMILES string of the molecule is CC1CN(CCCN2CCN(C(=O)C=Cc3ccc(Cl)c(Cl)c3)CCC2=O)CCC1O. The molecule has 3 rings (SSSR count). The van der Waals surface area contributed by atoms with Crippen LogP contribution in [0.1, 0.15) is 31.7 Å². The first-order chi connectivity index (χ1) is 14.8. The van der Waals surface area contributed by atoms with Crippen molar-refractivity contribution in [2.45, 2.75) is 32.3 Å². The molecule has 2 aliphatic rings. The van der Waals surface area contributed by atoms with E-state index in [1.54, 1.807) is 29.2 Å². The molecule has 8 heteroatoms. The topological polar surface area (TPSA) is 64.1 Å². The summed E-state index contributed by atoms with van der Waals surface area (Å²) in [6, 6.07) is 5.21. The first-order valence-corrected chi connectivity index (χ1v) is 11.7. The minimum absolute atomic E-state index is 0.103. The van der Waals surface area contributed by atoms with Gasteiger partial charge in [0.15, 0.2) is 0 Å². The maximum absolute atomic E-state index is 12.6. The summed E-state index contributed by atoms with van der Waals surface area (Å²) < 4.78 is 0. The maximum atomic E-state index is 12.6. The molecular formula is C23H31Cl2N3O3.